The number of carboxylic acid groups (broad SMARTS) is 1. The van der Waals surface area contributed by atoms with Gasteiger partial charge < -0.3 is 74.4 Å². The van der Waals surface area contributed by atoms with Crippen LogP contribution in [0.15, 0.2) is 11.6 Å². The number of hydrogen-bond donors (Lipinski definition) is 9. The molecule has 0 amide bonds. The van der Waals surface area contributed by atoms with Crippen LogP contribution in [0.3, 0.4) is 0 Å². The zero-order chi connectivity index (χ0) is 46.0. The lowest BCUT2D eigenvalue weighted by molar-refractivity contribution is -0.380. The highest BCUT2D eigenvalue weighted by Gasteiger charge is 2.70. The molecule has 0 aromatic rings. The maximum atomic E-state index is 13.1. The predicted molar refractivity (Wildman–Crippen MR) is 223 cm³/mol. The molecule has 0 aromatic heterocycles. The smallest absolute Gasteiger partial charge is 0.310 e. The minimum atomic E-state index is -1.75. The predicted octanol–water partition coefficient (Wildman–Crippen LogP) is 2.37. The van der Waals surface area contributed by atoms with E-state index in [9.17, 15) is 50.8 Å². The van der Waals surface area contributed by atoms with Gasteiger partial charge in [0.05, 0.1) is 30.8 Å². The van der Waals surface area contributed by atoms with E-state index in [2.05, 4.69) is 54.5 Å². The fourth-order valence-corrected chi connectivity index (χ4v) is 14.8. The molecule has 3 aliphatic heterocycles. The zero-order valence-electron chi connectivity index (χ0n) is 38.3. The summed E-state index contributed by atoms with van der Waals surface area (Å²) in [6.45, 7) is 17.0. The Balaban J connectivity index is 1.04. The molecule has 360 valence electrons. The fraction of sp³-hybridized carbons (Fsp3) is 0.936. The van der Waals surface area contributed by atoms with Gasteiger partial charge in [-0.25, -0.2) is 0 Å². The van der Waals surface area contributed by atoms with Crippen molar-refractivity contribution in [2.75, 3.05) is 13.2 Å². The monoisotopic (exact) mass is 897 g/mol. The first-order chi connectivity index (χ1) is 29.4. The lowest BCUT2D eigenvalue weighted by atomic mass is 9.33. The van der Waals surface area contributed by atoms with Crippen LogP contribution in [-0.4, -0.2) is 157 Å². The van der Waals surface area contributed by atoms with E-state index in [-0.39, 0.29) is 46.2 Å². The van der Waals surface area contributed by atoms with Crippen LogP contribution in [0.4, 0.5) is 0 Å². The topological polar surface area (TPSA) is 255 Å². The van der Waals surface area contributed by atoms with Gasteiger partial charge in [-0.15, -0.1) is 0 Å². The number of carboxylic acids is 1. The van der Waals surface area contributed by atoms with Gasteiger partial charge in [0.25, 0.3) is 0 Å². The summed E-state index contributed by atoms with van der Waals surface area (Å²) in [5.41, 5.74) is 0.113. The summed E-state index contributed by atoms with van der Waals surface area (Å²) in [6, 6.07) is 0. The van der Waals surface area contributed by atoms with Gasteiger partial charge in [-0.05, 0) is 116 Å². The molecule has 9 N–H and O–H groups in total. The van der Waals surface area contributed by atoms with Gasteiger partial charge >= 0.3 is 5.97 Å². The van der Waals surface area contributed by atoms with Gasteiger partial charge in [0, 0.05) is 0 Å². The summed E-state index contributed by atoms with van der Waals surface area (Å²) in [5, 5.41) is 96.0. The van der Waals surface area contributed by atoms with Crippen LogP contribution in [0.5, 0.6) is 0 Å². The highest BCUT2D eigenvalue weighted by atomic mass is 16.8. The zero-order valence-corrected chi connectivity index (χ0v) is 38.3. The molecule has 16 nitrogen and oxygen atoms in total. The first-order valence-corrected chi connectivity index (χ1v) is 23.6. The molecule has 0 aromatic carbocycles. The van der Waals surface area contributed by atoms with Crippen molar-refractivity contribution in [3.05, 3.63) is 11.6 Å². The number of rotatable bonds is 8. The molecule has 8 rings (SSSR count). The minimum Gasteiger partial charge on any atom is -0.481 e. The van der Waals surface area contributed by atoms with E-state index in [4.69, 9.17) is 28.4 Å². The second kappa shape index (κ2) is 16.7. The Bertz CT molecular complexity index is 1720. The van der Waals surface area contributed by atoms with Gasteiger partial charge in [0.2, 0.25) is 0 Å². The Hall–Kier alpha value is -1.35. The highest BCUT2D eigenvalue weighted by Crippen LogP contribution is 2.76. The van der Waals surface area contributed by atoms with E-state index in [0.29, 0.717) is 18.8 Å². The van der Waals surface area contributed by atoms with Gasteiger partial charge in [-0.1, -0.05) is 60.1 Å². The number of fused-ring (bicyclic) bond motifs is 7. The quantitative estimate of drug-likeness (QED) is 0.125. The van der Waals surface area contributed by atoms with Gasteiger partial charge in [-0.2, -0.15) is 0 Å². The summed E-state index contributed by atoms with van der Waals surface area (Å²) in [7, 11) is 0. The van der Waals surface area contributed by atoms with Crippen LogP contribution >= 0.6 is 0 Å². The van der Waals surface area contributed by atoms with Crippen molar-refractivity contribution < 1.29 is 79.2 Å². The number of ether oxygens (including phenoxy) is 6. The summed E-state index contributed by atoms with van der Waals surface area (Å²) in [4.78, 5) is 13.1. The number of aliphatic carboxylic acids is 1. The molecule has 22 atom stereocenters. The third-order valence-electron chi connectivity index (χ3n) is 19.0. The molecular weight excluding hydrogens is 821 g/mol. The largest absolute Gasteiger partial charge is 0.481 e. The second-order valence-electron chi connectivity index (χ2n) is 23.0. The molecule has 7 fully saturated rings. The van der Waals surface area contributed by atoms with E-state index >= 15 is 0 Å². The van der Waals surface area contributed by atoms with Crippen LogP contribution in [0, 0.1) is 50.2 Å². The number of carbonyl (C=O) groups is 1. The second-order valence-corrected chi connectivity index (χ2v) is 23.0. The Morgan fingerprint density at radius 2 is 1.37 bits per heavy atom. The number of aliphatic hydroxyl groups is 8. The van der Waals surface area contributed by atoms with E-state index in [1.165, 1.54) is 12.5 Å². The molecule has 63 heavy (non-hydrogen) atoms. The first-order valence-electron chi connectivity index (χ1n) is 23.6. The highest BCUT2D eigenvalue weighted by molar-refractivity contribution is 5.76. The van der Waals surface area contributed by atoms with Gasteiger partial charge in [0.1, 0.15) is 61.0 Å². The molecule has 8 aliphatic rings. The Kier molecular flexibility index (Phi) is 12.8. The van der Waals surface area contributed by atoms with E-state index in [1.54, 1.807) is 0 Å². The Labute approximate surface area is 371 Å². The summed E-state index contributed by atoms with van der Waals surface area (Å²) >= 11 is 0. The van der Waals surface area contributed by atoms with Gasteiger partial charge in [-0.3, -0.25) is 4.79 Å². The number of allylic oxidation sites excluding steroid dienone is 2. The number of aliphatic hydroxyl groups excluding tert-OH is 8. The fourth-order valence-electron chi connectivity index (χ4n) is 14.8. The lowest BCUT2D eigenvalue weighted by Crippen LogP contribution is -2.66. The van der Waals surface area contributed by atoms with Crippen molar-refractivity contribution in [3.8, 4) is 0 Å². The average Bonchev–Trinajstić information content (AvgIpc) is 3.22. The third-order valence-corrected chi connectivity index (χ3v) is 19.0. The van der Waals surface area contributed by atoms with E-state index in [0.717, 1.165) is 51.4 Å². The summed E-state index contributed by atoms with van der Waals surface area (Å²) < 4.78 is 36.7. The molecule has 16 heteroatoms. The molecule has 0 radical (unpaired) electrons. The van der Waals surface area contributed by atoms with Gasteiger partial charge in [0.15, 0.2) is 18.9 Å². The van der Waals surface area contributed by atoms with Crippen molar-refractivity contribution in [3.63, 3.8) is 0 Å². The molecule has 0 bridgehead atoms. The van der Waals surface area contributed by atoms with Crippen molar-refractivity contribution in [2.45, 2.75) is 212 Å². The average molecular weight is 897 g/mol. The summed E-state index contributed by atoms with van der Waals surface area (Å²) in [6.07, 6.45) is -10.1. The first kappa shape index (κ1) is 48.1. The Morgan fingerprint density at radius 1 is 0.714 bits per heavy atom. The normalized spacial score (nSPS) is 54.1. The molecule has 0 spiro atoms. The van der Waals surface area contributed by atoms with E-state index in [1.807, 2.05) is 0 Å². The van der Waals surface area contributed by atoms with Crippen LogP contribution < -0.4 is 0 Å². The van der Waals surface area contributed by atoms with Crippen LogP contribution in [0.1, 0.15) is 120 Å². The van der Waals surface area contributed by atoms with E-state index < -0.39 is 109 Å². The lowest BCUT2D eigenvalue weighted by Gasteiger charge is -2.71. The maximum Gasteiger partial charge on any atom is 0.310 e. The maximum absolute atomic E-state index is 13.1. The molecule has 5 aliphatic carbocycles. The van der Waals surface area contributed by atoms with Crippen molar-refractivity contribution in [1.82, 2.24) is 0 Å². The summed E-state index contributed by atoms with van der Waals surface area (Å²) in [5.74, 6) is -0.0288. The molecule has 3 saturated heterocycles. The van der Waals surface area contributed by atoms with Crippen LogP contribution in [-0.2, 0) is 33.2 Å². The number of hydrogen-bond acceptors (Lipinski definition) is 15. The Morgan fingerprint density at radius 3 is 2.03 bits per heavy atom. The minimum absolute atomic E-state index is 0.0289. The van der Waals surface area contributed by atoms with Crippen LogP contribution in [0.25, 0.3) is 0 Å². The van der Waals surface area contributed by atoms with Crippen LogP contribution in [0.2, 0.25) is 0 Å². The van der Waals surface area contributed by atoms with Crippen molar-refractivity contribution in [2.24, 2.45) is 50.2 Å². The van der Waals surface area contributed by atoms with Crippen molar-refractivity contribution in [1.29, 1.82) is 0 Å². The van der Waals surface area contributed by atoms with Crippen molar-refractivity contribution >= 4 is 5.97 Å². The molecule has 3 heterocycles. The molecule has 4 saturated carbocycles. The molecule has 2 unspecified atom stereocenters. The standard InChI is InChI=1S/C47H76O16/c1-22-30(49)33(52)35(54)38(59-22)63-37-32(51)26(61-39-36(55)34(53)31(50)25(20-48)60-39)21-58-40(37)62-29-12-13-44(6)27(43(29,4)5)11-14-46(8)28(44)10-9-23-24-19-42(2,3)15-17-47(24,41(56)57)18-16-45(23,46)7/h9,22,24-40,48-55H,10-21H2,1-8H3,(H,56,57)/t22-,24-,25+,26-,27?,28?,29-,30-,31-,32-,33+,34+,35+,36+,37+,38-,39+,40-,44-,45+,46+,47-/m0/s1. The molecular formula is C47H76O16. The third kappa shape index (κ3) is 7.51. The SMILES string of the molecule is C[C@@H]1O[C@@H](O[C@H]2[C@H](O[C@H]3CC[C@@]4(C)C(CC[C@]5(C)C4CC=C4[C@@H]6CC(C)(C)CC[C@]6(C(=O)O)CC[C@]45C)C3(C)C)OC[C@H](O[C@H]3O[C@H](CO)[C@H](O)[C@@H](O)[C@H]3O)[C@@H]2O)[C@H](O)[C@H](O)[C@H]1O.